The number of halogens is 1. The molecule has 2 fully saturated rings. The molecule has 2 radical (unpaired) electrons. The predicted molar refractivity (Wildman–Crippen MR) is 82.9 cm³/mol. The van der Waals surface area contributed by atoms with Gasteiger partial charge in [-0.25, -0.2) is 0 Å². The first-order chi connectivity index (χ1) is 10.5. The van der Waals surface area contributed by atoms with Crippen molar-refractivity contribution < 1.29 is 29.6 Å². The Morgan fingerprint density at radius 2 is 2.27 bits per heavy atom. The van der Waals surface area contributed by atoms with Crippen LogP contribution < -0.4 is 30.1 Å². The summed E-state index contributed by atoms with van der Waals surface area (Å²) < 4.78 is 31.3. The van der Waals surface area contributed by atoms with Gasteiger partial charge in [0.25, 0.3) is 0 Å². The number of nitrogens with one attached hydrogen (secondary N) is 1. The van der Waals surface area contributed by atoms with E-state index in [0.29, 0.717) is 38.7 Å². The monoisotopic (exact) mass is 449 g/mol. The van der Waals surface area contributed by atoms with Crippen LogP contribution >= 0.6 is 0 Å². The fourth-order valence-electron chi connectivity index (χ4n) is 3.59. The van der Waals surface area contributed by atoms with Crippen molar-refractivity contribution in [2.45, 2.75) is 40.7 Å². The van der Waals surface area contributed by atoms with Gasteiger partial charge in [0.05, 0.1) is 0 Å². The Morgan fingerprint density at radius 1 is 1.45 bits per heavy atom. The zero-order valence-electron chi connectivity index (χ0n) is 12.5. The number of pyridine rings is 1. The third-order valence-electron chi connectivity index (χ3n) is 4.75. The van der Waals surface area contributed by atoms with Crippen LogP contribution in [0, 0.1) is 6.92 Å². The van der Waals surface area contributed by atoms with Gasteiger partial charge >= 0.3 is 145 Å². The summed E-state index contributed by atoms with van der Waals surface area (Å²) in [6, 6.07) is 2.18. The zero-order valence-corrected chi connectivity index (χ0v) is 16.5. The van der Waals surface area contributed by atoms with Gasteiger partial charge in [0.2, 0.25) is 0 Å². The van der Waals surface area contributed by atoms with E-state index in [2.05, 4.69) is 9.71 Å². The first-order valence-corrected chi connectivity index (χ1v) is 13.0. The van der Waals surface area contributed by atoms with Gasteiger partial charge in [-0.05, 0) is 0 Å². The molecule has 2 saturated heterocycles. The van der Waals surface area contributed by atoms with Gasteiger partial charge in [-0.15, -0.1) is 0 Å². The molecule has 3 atom stereocenters. The Morgan fingerprint density at radius 3 is 3.05 bits per heavy atom. The fraction of sp³-hybridized carbons (Fsp3) is 0.643. The summed E-state index contributed by atoms with van der Waals surface area (Å²) >= 11 is 0.377. The number of aromatic nitrogens is 1. The molecule has 22 heavy (non-hydrogen) atoms. The Hall–Kier alpha value is -0.0331. The van der Waals surface area contributed by atoms with Crippen LogP contribution in [-0.4, -0.2) is 50.2 Å². The maximum atomic E-state index is 12.7. The molecule has 1 N–H and O–H groups in total. The molecule has 0 amide bonds. The molecule has 120 valence electrons. The zero-order chi connectivity index (χ0) is 15.4. The number of hydrogen-bond donors (Lipinski definition) is 1. The molecule has 3 aliphatic heterocycles. The first kappa shape index (κ1) is 15.5. The molecule has 3 aliphatic rings. The summed E-state index contributed by atoms with van der Waals surface area (Å²) in [5.74, 6) is 0.828. The normalized spacial score (nSPS) is 36.4. The molecular formula is C14H20IN3O2SSi. The maximum absolute atomic E-state index is 12.7. The van der Waals surface area contributed by atoms with Crippen molar-refractivity contribution in [1.29, 1.82) is 0 Å². The van der Waals surface area contributed by atoms with Crippen LogP contribution in [0.2, 0.25) is 0 Å². The molecule has 1 aromatic heterocycles. The van der Waals surface area contributed by atoms with Gasteiger partial charge in [-0.2, -0.15) is 0 Å². The Bertz CT molecular complexity index is 710. The Balaban J connectivity index is 1.93. The SMILES string of the molecule is Cc1cnc2c(c1)S(=O)(=O)NC[C@@H]1CCCC[N+]21[Si]C1C[I-]1. The second-order valence-corrected chi connectivity index (χ2v) is 14.3. The first-order valence-electron chi connectivity index (χ1n) is 7.71. The Labute approximate surface area is 144 Å². The number of piperidine rings is 1. The van der Waals surface area contributed by atoms with Crippen LogP contribution in [0.15, 0.2) is 17.2 Å². The number of rotatable bonds is 2. The second kappa shape index (κ2) is 5.51. The van der Waals surface area contributed by atoms with E-state index in [0.717, 1.165) is 41.7 Å². The number of nitrogens with zero attached hydrogens (tertiary/aromatic N) is 2. The second-order valence-electron chi connectivity index (χ2n) is 6.33. The molecule has 0 aromatic carbocycles. The van der Waals surface area contributed by atoms with Crippen LogP contribution in [0.5, 0.6) is 0 Å². The summed E-state index contributed by atoms with van der Waals surface area (Å²) in [4.78, 5) is 5.12. The summed E-state index contributed by atoms with van der Waals surface area (Å²) in [5, 5.41) is 0. The van der Waals surface area contributed by atoms with E-state index in [1.807, 2.05) is 19.2 Å². The van der Waals surface area contributed by atoms with Gasteiger partial charge in [0.1, 0.15) is 0 Å². The minimum absolute atomic E-state index is 0.364. The van der Waals surface area contributed by atoms with Gasteiger partial charge < -0.3 is 0 Å². The number of alkyl halides is 2. The summed E-state index contributed by atoms with van der Waals surface area (Å²) in [5.41, 5.74) is 0.917. The fourth-order valence-corrected chi connectivity index (χ4v) is 10.2. The van der Waals surface area contributed by atoms with Crippen LogP contribution in [0.4, 0.5) is 5.82 Å². The number of aryl methyl sites for hydroxylation is 1. The van der Waals surface area contributed by atoms with Crippen LogP contribution in [0.3, 0.4) is 0 Å². The van der Waals surface area contributed by atoms with E-state index >= 15 is 0 Å². The van der Waals surface area contributed by atoms with Crippen molar-refractivity contribution in [3.63, 3.8) is 0 Å². The third-order valence-corrected chi connectivity index (χ3v) is 12.4. The van der Waals surface area contributed by atoms with E-state index in [9.17, 15) is 8.42 Å². The van der Waals surface area contributed by atoms with Crippen LogP contribution in [-0.2, 0) is 10.0 Å². The topological polar surface area (TPSA) is 59.1 Å². The van der Waals surface area contributed by atoms with Gasteiger partial charge in [-0.1, -0.05) is 0 Å². The van der Waals surface area contributed by atoms with Crippen LogP contribution in [0.1, 0.15) is 24.8 Å². The quantitative estimate of drug-likeness (QED) is 0.311. The number of sulfonamides is 1. The average molecular weight is 449 g/mol. The molecule has 0 aliphatic carbocycles. The van der Waals surface area contributed by atoms with Crippen molar-refractivity contribution in [1.82, 2.24) is 13.9 Å². The van der Waals surface area contributed by atoms with E-state index in [1.165, 1.54) is 17.3 Å². The average Bonchev–Trinajstić information content (AvgIpc) is 3.30. The van der Waals surface area contributed by atoms with Crippen LogP contribution in [0.25, 0.3) is 0 Å². The van der Waals surface area contributed by atoms with Gasteiger partial charge in [-0.3, -0.25) is 0 Å². The number of hydrogen-bond acceptors (Lipinski definition) is 3. The third kappa shape index (κ3) is 2.56. The molecule has 4 rings (SSSR count). The Kier molecular flexibility index (Phi) is 3.88. The molecule has 0 spiro atoms. The summed E-state index contributed by atoms with van der Waals surface area (Å²) in [7, 11) is -2.62. The van der Waals surface area contributed by atoms with Crippen molar-refractivity contribution in [2.75, 3.05) is 17.5 Å². The number of fused-ring (bicyclic) bond motifs is 3. The molecule has 1 aromatic rings. The molecule has 0 saturated carbocycles. The van der Waals surface area contributed by atoms with Crippen molar-refractivity contribution in [3.05, 3.63) is 17.8 Å². The van der Waals surface area contributed by atoms with Crippen molar-refractivity contribution in [3.8, 4) is 0 Å². The van der Waals surface area contributed by atoms with E-state index in [4.69, 9.17) is 0 Å². The van der Waals surface area contributed by atoms with Crippen molar-refractivity contribution >= 4 is 25.5 Å². The summed E-state index contributed by atoms with van der Waals surface area (Å²) in [6.45, 7) is 3.54. The van der Waals surface area contributed by atoms with Gasteiger partial charge in [0, 0.05) is 0 Å². The summed E-state index contributed by atoms with van der Waals surface area (Å²) in [6.07, 6.45) is 5.34. The van der Waals surface area contributed by atoms with E-state index in [1.54, 1.807) is 0 Å². The number of quaternary nitrogens is 1. The predicted octanol–water partition coefficient (Wildman–Crippen LogP) is -2.41. The van der Waals surface area contributed by atoms with Crippen molar-refractivity contribution in [2.24, 2.45) is 0 Å². The molecule has 0 bridgehead atoms. The van der Waals surface area contributed by atoms with E-state index < -0.39 is 10.0 Å². The molecule has 4 heterocycles. The minimum atomic E-state index is -3.43. The molecule has 8 heteroatoms. The van der Waals surface area contributed by atoms with E-state index in [-0.39, 0.29) is 0 Å². The van der Waals surface area contributed by atoms with Gasteiger partial charge in [0.15, 0.2) is 0 Å². The molecule has 5 nitrogen and oxygen atoms in total. The standard InChI is InChI=1S/C14H20IN3O2SSi/c1-10-6-12-14(16-8-10)18(22-13-7-15-13)5-3-2-4-11(18)9-17-21(12,19)20/h6,8,11,13,17H,2-5,7,9H2,1H3/t11-,13?,18?/m0/s1. The molecular weight excluding hydrogens is 429 g/mol. The molecule has 2 unspecified atom stereocenters.